The highest BCUT2D eigenvalue weighted by molar-refractivity contribution is 6.74. The van der Waals surface area contributed by atoms with E-state index in [1.54, 1.807) is 11.9 Å². The highest BCUT2D eigenvalue weighted by atomic mass is 28.4. The van der Waals surface area contributed by atoms with Crippen molar-refractivity contribution in [3.05, 3.63) is 24.8 Å². The van der Waals surface area contributed by atoms with Crippen LogP contribution in [0.1, 0.15) is 48.0 Å². The van der Waals surface area contributed by atoms with Gasteiger partial charge in [-0.2, -0.15) is 0 Å². The third kappa shape index (κ3) is 8.00. The fourth-order valence-electron chi connectivity index (χ4n) is 3.10. The molecule has 1 heterocycles. The highest BCUT2D eigenvalue weighted by Crippen LogP contribution is 2.39. The quantitative estimate of drug-likeness (QED) is 0.391. The zero-order valence-electron chi connectivity index (χ0n) is 20.9. The Morgan fingerprint density at radius 1 is 1.19 bits per heavy atom. The van der Waals surface area contributed by atoms with Crippen molar-refractivity contribution in [2.45, 2.75) is 83.8 Å². The number of hydrogen-bond donors (Lipinski definition) is 0. The van der Waals surface area contributed by atoms with Gasteiger partial charge in [0, 0.05) is 20.1 Å². The fourth-order valence-corrected chi connectivity index (χ4v) is 4.46. The van der Waals surface area contributed by atoms with Gasteiger partial charge in [-0.1, -0.05) is 40.0 Å². The van der Waals surface area contributed by atoms with Crippen LogP contribution in [-0.2, 0) is 13.9 Å². The van der Waals surface area contributed by atoms with Gasteiger partial charge in [-0.25, -0.2) is 9.59 Å². The van der Waals surface area contributed by atoms with Crippen LogP contribution in [0, 0.1) is 0 Å². The topological polar surface area (TPSA) is 68.3 Å². The van der Waals surface area contributed by atoms with Crippen LogP contribution in [0.4, 0.5) is 9.59 Å². The van der Waals surface area contributed by atoms with E-state index in [1.165, 1.54) is 11.0 Å². The number of carbonyl (C=O) groups is 2. The van der Waals surface area contributed by atoms with Crippen LogP contribution in [0.2, 0.25) is 18.1 Å². The van der Waals surface area contributed by atoms with Crippen LogP contribution in [0.25, 0.3) is 0 Å². The molecule has 8 heteroatoms. The SMILES string of the molecule is C=CCOC(=O)N(C)CC(=C)[C@H]1C[C@@H](O[Si](C)(C)C(C)(C)C)CN1C(=O)OC(C)(C)C. The van der Waals surface area contributed by atoms with Crippen molar-refractivity contribution in [2.75, 3.05) is 26.7 Å². The van der Waals surface area contributed by atoms with Gasteiger partial charge in [0.2, 0.25) is 0 Å². The second-order valence-electron chi connectivity index (χ2n) is 10.8. The first kappa shape index (κ1) is 27.2. The number of nitrogens with zero attached hydrogens (tertiary/aromatic N) is 2. The Kier molecular flexibility index (Phi) is 8.97. The third-order valence-electron chi connectivity index (χ3n) is 5.71. The van der Waals surface area contributed by atoms with Gasteiger partial charge in [-0.3, -0.25) is 4.90 Å². The number of likely N-dealkylation sites (N-methyl/N-ethyl adjacent to an activating group) is 1. The minimum atomic E-state index is -2.01. The molecule has 0 spiro atoms. The molecule has 1 aliphatic rings. The molecule has 0 aromatic heterocycles. The van der Waals surface area contributed by atoms with Gasteiger partial charge < -0.3 is 18.8 Å². The van der Waals surface area contributed by atoms with E-state index in [2.05, 4.69) is 47.0 Å². The van der Waals surface area contributed by atoms with E-state index >= 15 is 0 Å². The second-order valence-corrected chi connectivity index (χ2v) is 15.5. The molecule has 1 rings (SSSR count). The lowest BCUT2D eigenvalue weighted by Crippen LogP contribution is -2.45. The van der Waals surface area contributed by atoms with Crippen molar-refractivity contribution in [1.82, 2.24) is 9.80 Å². The smallest absolute Gasteiger partial charge is 0.410 e. The van der Waals surface area contributed by atoms with E-state index in [4.69, 9.17) is 13.9 Å². The summed E-state index contributed by atoms with van der Waals surface area (Å²) in [6.07, 6.45) is 1.19. The minimum absolute atomic E-state index is 0.0635. The fraction of sp³-hybridized carbons (Fsp3) is 0.739. The molecule has 31 heavy (non-hydrogen) atoms. The lowest BCUT2D eigenvalue weighted by Gasteiger charge is -2.38. The summed E-state index contributed by atoms with van der Waals surface area (Å²) in [5.74, 6) is 0. The summed E-state index contributed by atoms with van der Waals surface area (Å²) < 4.78 is 17.3. The minimum Gasteiger partial charge on any atom is -0.445 e. The summed E-state index contributed by atoms with van der Waals surface area (Å²) in [6, 6.07) is -0.278. The summed E-state index contributed by atoms with van der Waals surface area (Å²) in [5, 5.41) is 0.0635. The van der Waals surface area contributed by atoms with E-state index in [0.29, 0.717) is 13.0 Å². The van der Waals surface area contributed by atoms with E-state index in [-0.39, 0.29) is 30.3 Å². The van der Waals surface area contributed by atoms with Crippen LogP contribution < -0.4 is 0 Å². The molecule has 0 N–H and O–H groups in total. The van der Waals surface area contributed by atoms with Gasteiger partial charge in [-0.05, 0) is 50.9 Å². The zero-order chi connectivity index (χ0) is 24.2. The Labute approximate surface area is 189 Å². The Morgan fingerprint density at radius 3 is 2.26 bits per heavy atom. The van der Waals surface area contributed by atoms with Crippen molar-refractivity contribution in [1.29, 1.82) is 0 Å². The molecular weight excluding hydrogens is 412 g/mol. The molecular formula is C23H42N2O5Si. The van der Waals surface area contributed by atoms with Crippen LogP contribution in [-0.4, -0.2) is 74.8 Å². The average molecular weight is 455 g/mol. The number of likely N-dealkylation sites (tertiary alicyclic amines) is 1. The van der Waals surface area contributed by atoms with Crippen LogP contribution >= 0.6 is 0 Å². The summed E-state index contributed by atoms with van der Waals surface area (Å²) in [4.78, 5) is 28.2. The van der Waals surface area contributed by atoms with Crippen LogP contribution in [0.5, 0.6) is 0 Å². The molecule has 0 aromatic carbocycles. The molecule has 1 saturated heterocycles. The molecule has 2 atom stereocenters. The maximum atomic E-state index is 12.9. The molecule has 0 unspecified atom stereocenters. The van der Waals surface area contributed by atoms with E-state index in [0.717, 1.165) is 5.57 Å². The third-order valence-corrected chi connectivity index (χ3v) is 10.2. The molecule has 1 fully saturated rings. The molecule has 0 aliphatic carbocycles. The second kappa shape index (κ2) is 10.2. The number of hydrogen-bond acceptors (Lipinski definition) is 5. The van der Waals surface area contributed by atoms with Crippen molar-refractivity contribution >= 4 is 20.5 Å². The van der Waals surface area contributed by atoms with E-state index in [9.17, 15) is 9.59 Å². The predicted octanol–water partition coefficient (Wildman–Crippen LogP) is 5.20. The molecule has 1 aliphatic heterocycles. The maximum absolute atomic E-state index is 12.9. The molecule has 2 amide bonds. The number of rotatable bonds is 7. The molecule has 0 aromatic rings. The predicted molar refractivity (Wildman–Crippen MR) is 127 cm³/mol. The summed E-state index contributed by atoms with van der Waals surface area (Å²) in [5.41, 5.74) is 0.136. The van der Waals surface area contributed by atoms with Crippen molar-refractivity contribution in [3.8, 4) is 0 Å². The largest absolute Gasteiger partial charge is 0.445 e. The maximum Gasteiger partial charge on any atom is 0.410 e. The van der Waals surface area contributed by atoms with Crippen molar-refractivity contribution in [2.24, 2.45) is 0 Å². The number of ether oxygens (including phenoxy) is 2. The Morgan fingerprint density at radius 2 is 1.77 bits per heavy atom. The monoisotopic (exact) mass is 454 g/mol. The molecule has 7 nitrogen and oxygen atoms in total. The Bertz CT molecular complexity index is 678. The van der Waals surface area contributed by atoms with Crippen LogP contribution in [0.15, 0.2) is 24.8 Å². The van der Waals surface area contributed by atoms with Gasteiger partial charge in [0.15, 0.2) is 8.32 Å². The average Bonchev–Trinajstić information content (AvgIpc) is 3.00. The van der Waals surface area contributed by atoms with Gasteiger partial charge in [-0.15, -0.1) is 0 Å². The van der Waals surface area contributed by atoms with Crippen molar-refractivity contribution in [3.63, 3.8) is 0 Å². The molecule has 0 radical (unpaired) electrons. The van der Waals surface area contributed by atoms with Crippen LogP contribution in [0.3, 0.4) is 0 Å². The molecule has 0 saturated carbocycles. The van der Waals surface area contributed by atoms with Gasteiger partial charge >= 0.3 is 12.2 Å². The van der Waals surface area contributed by atoms with Gasteiger partial charge in [0.05, 0.1) is 12.1 Å². The molecule has 178 valence electrons. The normalized spacial score (nSPS) is 19.7. The summed E-state index contributed by atoms with van der Waals surface area (Å²) in [7, 11) is -0.367. The van der Waals surface area contributed by atoms with Gasteiger partial charge in [0.25, 0.3) is 0 Å². The summed E-state index contributed by atoms with van der Waals surface area (Å²) in [6.45, 7) is 25.1. The van der Waals surface area contributed by atoms with Crippen molar-refractivity contribution < 1.29 is 23.5 Å². The van der Waals surface area contributed by atoms with E-state index < -0.39 is 26.1 Å². The first-order valence-corrected chi connectivity index (χ1v) is 13.7. The number of amides is 2. The highest BCUT2D eigenvalue weighted by Gasteiger charge is 2.45. The standard InChI is InChI=1S/C23H42N2O5Si/c1-12-13-28-20(26)24(9)15-17(2)19-14-18(30-31(10,11)23(6,7)8)16-25(19)21(27)29-22(3,4)5/h12,18-19H,1-2,13-16H2,3-11H3/t18-,19-/m1/s1. The first-order chi connectivity index (χ1) is 14.0. The Balaban J connectivity index is 3.00. The number of carbonyl (C=O) groups excluding carboxylic acids is 2. The molecule has 0 bridgehead atoms. The first-order valence-electron chi connectivity index (χ1n) is 10.8. The lowest BCUT2D eigenvalue weighted by molar-refractivity contribution is 0.0228. The zero-order valence-corrected chi connectivity index (χ0v) is 21.9. The lowest BCUT2D eigenvalue weighted by atomic mass is 10.1. The summed E-state index contributed by atoms with van der Waals surface area (Å²) >= 11 is 0. The van der Waals surface area contributed by atoms with Gasteiger partial charge in [0.1, 0.15) is 12.2 Å². The Hall–Kier alpha value is -1.80. The van der Waals surface area contributed by atoms with E-state index in [1.807, 2.05) is 20.8 Å².